The van der Waals surface area contributed by atoms with Crippen LogP contribution < -0.4 is 30.7 Å². The van der Waals surface area contributed by atoms with Gasteiger partial charge in [0.2, 0.25) is 0 Å². The van der Waals surface area contributed by atoms with Gasteiger partial charge >= 0.3 is 18.4 Å². The number of anilines is 2. The number of amides is 2. The number of halogens is 3. The molecule has 7 rings (SSSR count). The van der Waals surface area contributed by atoms with Gasteiger partial charge in [-0.05, 0) is 132 Å². The molecule has 4 unspecified atom stereocenters. The number of carbonyl (C=O) groups excluding carboxylic acids is 2. The largest absolute Gasteiger partial charge is 0.481 e. The average Bonchev–Trinajstić information content (AvgIpc) is 3.19. The van der Waals surface area contributed by atoms with E-state index in [1.165, 1.54) is 6.07 Å². The molecule has 15 heteroatoms. The Labute approximate surface area is 382 Å². The van der Waals surface area contributed by atoms with E-state index in [1.54, 1.807) is 45.0 Å². The second-order valence-corrected chi connectivity index (χ2v) is 18.7. The number of rotatable bonds is 7. The van der Waals surface area contributed by atoms with E-state index in [1.807, 2.05) is 84.0 Å². The highest BCUT2D eigenvalue weighted by Crippen LogP contribution is 2.40. The van der Waals surface area contributed by atoms with Crippen molar-refractivity contribution < 1.29 is 41.7 Å². The molecule has 0 radical (unpaired) electrons. The molecule has 5 aromatic carbocycles. The Balaban J connectivity index is 0.000000213. The summed E-state index contributed by atoms with van der Waals surface area (Å²) in [5.74, 6) is 1.33. The number of ether oxygens (including phenoxy) is 4. The quantitative estimate of drug-likeness (QED) is 0.118. The number of alkyl halides is 3. The van der Waals surface area contributed by atoms with Gasteiger partial charge in [0.05, 0.1) is 28.5 Å². The monoisotopic (exact) mass is 914 g/mol. The van der Waals surface area contributed by atoms with Crippen molar-refractivity contribution in [2.24, 2.45) is 0 Å². The van der Waals surface area contributed by atoms with Crippen molar-refractivity contribution in [1.82, 2.24) is 10.6 Å². The van der Waals surface area contributed by atoms with E-state index < -0.39 is 46.7 Å². The molecule has 0 bridgehead atoms. The third-order valence-corrected chi connectivity index (χ3v) is 11.2. The normalized spacial score (nSPS) is 17.2. The van der Waals surface area contributed by atoms with Crippen molar-refractivity contribution in [2.45, 2.75) is 110 Å². The van der Waals surface area contributed by atoms with E-state index in [0.29, 0.717) is 32.5 Å². The van der Waals surface area contributed by atoms with Gasteiger partial charge in [-0.3, -0.25) is 0 Å². The fourth-order valence-corrected chi connectivity index (χ4v) is 7.56. The summed E-state index contributed by atoms with van der Waals surface area (Å²) in [6, 6.07) is 29.8. The molecule has 64 heavy (non-hydrogen) atoms. The van der Waals surface area contributed by atoms with Gasteiger partial charge in [0.25, 0.3) is 0 Å². The van der Waals surface area contributed by atoms with Crippen molar-refractivity contribution in [3.8, 4) is 11.5 Å². The Hall–Kier alpha value is -5.93. The van der Waals surface area contributed by atoms with Crippen LogP contribution in [0.2, 0.25) is 0 Å². The maximum absolute atomic E-state index is 13.2. The van der Waals surface area contributed by atoms with E-state index in [-0.39, 0.29) is 18.6 Å². The summed E-state index contributed by atoms with van der Waals surface area (Å²) >= 11 is 10.7. The number of carbonyl (C=O) groups is 2. The fourth-order valence-electron chi connectivity index (χ4n) is 7.24. The Kier molecular flexibility index (Phi) is 13.9. The van der Waals surface area contributed by atoms with Crippen molar-refractivity contribution in [2.75, 3.05) is 10.6 Å². The van der Waals surface area contributed by atoms with Gasteiger partial charge in [-0.2, -0.15) is 13.2 Å². The van der Waals surface area contributed by atoms with Gasteiger partial charge in [-0.1, -0.05) is 97.2 Å². The Morgan fingerprint density at radius 2 is 1.25 bits per heavy atom. The molecule has 0 saturated heterocycles. The number of thiocarbonyl (C=S) groups is 2. The second kappa shape index (κ2) is 18.7. The topological polar surface area (TPSA) is 119 Å². The number of hydrogen-bond donors (Lipinski definition) is 4. The first kappa shape index (κ1) is 47.5. The molecular formula is C49H53F3N4O6S2. The van der Waals surface area contributed by atoms with E-state index >= 15 is 0 Å². The van der Waals surface area contributed by atoms with Gasteiger partial charge in [-0.25, -0.2) is 9.59 Å². The van der Waals surface area contributed by atoms with Crippen molar-refractivity contribution in [1.29, 1.82) is 0 Å². The number of hydrogen-bond acceptors (Lipinski definition) is 8. The first-order valence-electron chi connectivity index (χ1n) is 20.8. The third kappa shape index (κ3) is 11.8. The minimum absolute atomic E-state index is 0.129. The first-order chi connectivity index (χ1) is 29.9. The molecule has 0 aliphatic carbocycles. The van der Waals surface area contributed by atoms with Crippen LogP contribution in [-0.4, -0.2) is 45.6 Å². The first-order valence-corrected chi connectivity index (χ1v) is 21.6. The number of nitrogens with one attached hydrogen (secondary N) is 4. The molecule has 0 spiro atoms. The highest BCUT2D eigenvalue weighted by Gasteiger charge is 2.36. The lowest BCUT2D eigenvalue weighted by Crippen LogP contribution is -2.46. The molecular weight excluding hydrogens is 862 g/mol. The van der Waals surface area contributed by atoms with Gasteiger partial charge in [0.1, 0.15) is 44.9 Å². The summed E-state index contributed by atoms with van der Waals surface area (Å²) in [5, 5.41) is 14.4. The van der Waals surface area contributed by atoms with Crippen LogP contribution in [0.1, 0.15) is 96.2 Å². The molecule has 2 aliphatic heterocycles. The summed E-state index contributed by atoms with van der Waals surface area (Å²) in [5.41, 5.74) is 1.40. The highest BCUT2D eigenvalue weighted by molar-refractivity contribution is 7.81. The number of fused-ring (bicyclic) bond motifs is 3. The van der Waals surface area contributed by atoms with E-state index in [2.05, 4.69) is 39.5 Å². The van der Waals surface area contributed by atoms with Gasteiger partial charge in [0, 0.05) is 0 Å². The molecule has 0 aromatic heterocycles. The second-order valence-electron chi connectivity index (χ2n) is 17.8. The molecule has 0 saturated carbocycles. The Morgan fingerprint density at radius 1 is 0.688 bits per heavy atom. The predicted molar refractivity (Wildman–Crippen MR) is 253 cm³/mol. The van der Waals surface area contributed by atoms with E-state index in [4.69, 9.17) is 43.4 Å². The Bertz CT molecular complexity index is 2570. The molecule has 4 N–H and O–H groups in total. The molecule has 2 heterocycles. The van der Waals surface area contributed by atoms with Crippen LogP contribution in [-0.2, 0) is 27.6 Å². The third-order valence-electron chi connectivity index (χ3n) is 10.3. The SMILES string of the molecule is CC1Oc2ccc(C(C)(NC(=O)OC(C)(C)C)c3cccc4ccccc34)cc2NC1=S.CC1Oc2ccc(C(Cc3cccc(C(F)(F)F)c3)NC(=O)OC(C)(C)C)cc2NC1=S. The average molecular weight is 915 g/mol. The summed E-state index contributed by atoms with van der Waals surface area (Å²) in [4.78, 5) is 26.6. The zero-order valence-electron chi connectivity index (χ0n) is 37.2. The lowest BCUT2D eigenvalue weighted by atomic mass is 9.81. The number of benzene rings is 5. The highest BCUT2D eigenvalue weighted by atomic mass is 32.1. The molecule has 4 atom stereocenters. The molecule has 5 aromatic rings. The summed E-state index contributed by atoms with van der Waals surface area (Å²) in [6.45, 7) is 16.5. The van der Waals surface area contributed by atoms with Crippen LogP contribution in [0.3, 0.4) is 0 Å². The lowest BCUT2D eigenvalue weighted by molar-refractivity contribution is -0.137. The molecule has 2 amide bonds. The van der Waals surface area contributed by atoms with Gasteiger partial charge < -0.3 is 40.2 Å². The molecule has 2 aliphatic rings. The number of alkyl carbamates (subject to hydrolysis) is 2. The minimum atomic E-state index is -4.45. The van der Waals surface area contributed by atoms with Crippen molar-refractivity contribution >= 4 is 68.7 Å². The van der Waals surface area contributed by atoms with Gasteiger partial charge in [-0.15, -0.1) is 0 Å². The zero-order chi connectivity index (χ0) is 46.8. The minimum Gasteiger partial charge on any atom is -0.481 e. The van der Waals surface area contributed by atoms with Gasteiger partial charge in [0.15, 0.2) is 0 Å². The standard InChI is InChI=1S/C26H28N2O3S.C23H25F3N2O3S/c1-16-23(32)27-21-15-18(13-14-22(21)30-16)26(5,28-24(29)31-25(2,3)4)20-12-8-10-17-9-6-7-11-19(17)20;1-13-20(32)27-18-12-15(8-9-19(18)30-13)17(28-21(29)31-22(2,3)4)11-14-6-5-7-16(10-14)23(24,25)26/h6-16H,1-5H3,(H,27,32)(H,28,29);5-10,12-13,17H,11H2,1-4H3,(H,27,32)(H,28,29). The fraction of sp³-hybridized carbons (Fsp3) is 0.347. The van der Waals surface area contributed by atoms with Crippen LogP contribution in [0, 0.1) is 0 Å². The van der Waals surface area contributed by atoms with Crippen LogP contribution in [0.25, 0.3) is 10.8 Å². The zero-order valence-corrected chi connectivity index (χ0v) is 38.8. The van der Waals surface area contributed by atoms with Crippen molar-refractivity contribution in [3.63, 3.8) is 0 Å². The molecule has 10 nitrogen and oxygen atoms in total. The lowest BCUT2D eigenvalue weighted by Gasteiger charge is -2.35. The van der Waals surface area contributed by atoms with Crippen LogP contribution in [0.5, 0.6) is 11.5 Å². The maximum Gasteiger partial charge on any atom is 0.416 e. The summed E-state index contributed by atoms with van der Waals surface area (Å²) in [6.07, 6.45) is -5.94. The van der Waals surface area contributed by atoms with E-state index in [0.717, 1.165) is 45.5 Å². The van der Waals surface area contributed by atoms with Crippen LogP contribution >= 0.6 is 24.4 Å². The van der Waals surface area contributed by atoms with Crippen LogP contribution in [0.15, 0.2) is 103 Å². The predicted octanol–water partition coefficient (Wildman–Crippen LogP) is 12.2. The van der Waals surface area contributed by atoms with E-state index in [9.17, 15) is 22.8 Å². The van der Waals surface area contributed by atoms with Crippen LogP contribution in [0.4, 0.5) is 34.1 Å². The summed E-state index contributed by atoms with van der Waals surface area (Å²) < 4.78 is 62.1. The molecule has 338 valence electrons. The van der Waals surface area contributed by atoms with Crippen molar-refractivity contribution in [3.05, 3.63) is 131 Å². The Morgan fingerprint density at radius 3 is 1.88 bits per heavy atom. The summed E-state index contributed by atoms with van der Waals surface area (Å²) in [7, 11) is 0. The molecule has 0 fully saturated rings. The smallest absolute Gasteiger partial charge is 0.416 e. The maximum atomic E-state index is 13.2.